The maximum Gasteiger partial charge on any atom is 0.337 e. The zero-order valence-corrected chi connectivity index (χ0v) is 19.9. The molecule has 1 aliphatic heterocycles. The molecule has 1 atom stereocenters. The molecule has 0 spiro atoms. The number of ketones is 1. The van der Waals surface area contributed by atoms with Gasteiger partial charge in [0.2, 0.25) is 0 Å². The van der Waals surface area contributed by atoms with Crippen LogP contribution in [0.3, 0.4) is 0 Å². The second kappa shape index (κ2) is 9.52. The highest BCUT2D eigenvalue weighted by Crippen LogP contribution is 2.43. The predicted octanol–water partition coefficient (Wildman–Crippen LogP) is 4.87. The third-order valence-corrected chi connectivity index (χ3v) is 6.07. The molecule has 172 valence electrons. The fraction of sp³-hybridized carbons (Fsp3) is 0.115. The SMILES string of the molecule is COC(=O)c1ccc(N2C(=O)C(=O)/C(=C(/O)c3ccc(Br)cc3)C2c2cccc(OC)c2)cc1. The van der Waals surface area contributed by atoms with Crippen molar-refractivity contribution >= 4 is 45.0 Å². The lowest BCUT2D eigenvalue weighted by Crippen LogP contribution is -2.29. The van der Waals surface area contributed by atoms with Crippen LogP contribution in [0.1, 0.15) is 27.5 Å². The summed E-state index contributed by atoms with van der Waals surface area (Å²) < 4.78 is 10.9. The topological polar surface area (TPSA) is 93.1 Å². The van der Waals surface area contributed by atoms with Crippen LogP contribution in [0.25, 0.3) is 5.76 Å². The Kier molecular flexibility index (Phi) is 6.51. The molecular weight excluding hydrogens is 502 g/mol. The molecule has 7 nitrogen and oxygen atoms in total. The van der Waals surface area contributed by atoms with Crippen LogP contribution in [-0.2, 0) is 14.3 Å². The van der Waals surface area contributed by atoms with Gasteiger partial charge in [0.05, 0.1) is 31.4 Å². The number of nitrogens with zero attached hydrogens (tertiary/aromatic N) is 1. The lowest BCUT2D eigenvalue weighted by molar-refractivity contribution is -0.132. The van der Waals surface area contributed by atoms with E-state index in [9.17, 15) is 19.5 Å². The Labute approximate surface area is 204 Å². The molecule has 0 bridgehead atoms. The monoisotopic (exact) mass is 521 g/mol. The Morgan fingerprint density at radius 3 is 2.21 bits per heavy atom. The number of ether oxygens (including phenoxy) is 2. The van der Waals surface area contributed by atoms with Crippen molar-refractivity contribution in [3.05, 3.63) is 99.5 Å². The first-order valence-corrected chi connectivity index (χ1v) is 11.0. The summed E-state index contributed by atoms with van der Waals surface area (Å²) in [6.07, 6.45) is 0. The Morgan fingerprint density at radius 1 is 0.941 bits per heavy atom. The van der Waals surface area contributed by atoms with E-state index in [-0.39, 0.29) is 11.3 Å². The molecule has 4 rings (SSSR count). The fourth-order valence-electron chi connectivity index (χ4n) is 3.87. The molecule has 1 aliphatic rings. The van der Waals surface area contributed by atoms with Crippen molar-refractivity contribution in [1.29, 1.82) is 0 Å². The van der Waals surface area contributed by atoms with Crippen LogP contribution in [-0.4, -0.2) is 37.0 Å². The number of aliphatic hydroxyl groups excluding tert-OH is 1. The number of halogens is 1. The number of rotatable bonds is 5. The van der Waals surface area contributed by atoms with Crippen LogP contribution in [0.5, 0.6) is 5.75 Å². The van der Waals surface area contributed by atoms with Crippen LogP contribution in [0, 0.1) is 0 Å². The molecule has 0 aliphatic carbocycles. The van der Waals surface area contributed by atoms with Crippen LogP contribution < -0.4 is 9.64 Å². The minimum absolute atomic E-state index is 0.0439. The number of aliphatic hydroxyl groups is 1. The first-order chi connectivity index (χ1) is 16.3. The third-order valence-electron chi connectivity index (χ3n) is 5.54. The van der Waals surface area contributed by atoms with Gasteiger partial charge in [0.25, 0.3) is 11.7 Å². The van der Waals surface area contributed by atoms with Gasteiger partial charge >= 0.3 is 5.97 Å². The Morgan fingerprint density at radius 2 is 1.59 bits per heavy atom. The smallest absolute Gasteiger partial charge is 0.337 e. The first-order valence-electron chi connectivity index (χ1n) is 10.2. The van der Waals surface area contributed by atoms with E-state index in [0.717, 1.165) is 4.47 Å². The van der Waals surface area contributed by atoms with Gasteiger partial charge in [0, 0.05) is 15.7 Å². The fourth-order valence-corrected chi connectivity index (χ4v) is 4.13. The molecule has 1 amide bonds. The van der Waals surface area contributed by atoms with E-state index >= 15 is 0 Å². The minimum Gasteiger partial charge on any atom is -0.507 e. The number of anilines is 1. The predicted molar refractivity (Wildman–Crippen MR) is 130 cm³/mol. The average Bonchev–Trinajstić information content (AvgIpc) is 3.14. The van der Waals surface area contributed by atoms with Crippen LogP contribution in [0.2, 0.25) is 0 Å². The second-order valence-corrected chi connectivity index (χ2v) is 8.41. The van der Waals surface area contributed by atoms with E-state index in [4.69, 9.17) is 9.47 Å². The van der Waals surface area contributed by atoms with Gasteiger partial charge in [-0.25, -0.2) is 4.79 Å². The Bertz CT molecular complexity index is 1300. The molecule has 0 radical (unpaired) electrons. The summed E-state index contributed by atoms with van der Waals surface area (Å²) in [5.74, 6) is -1.88. The molecule has 0 aromatic heterocycles. The van der Waals surface area contributed by atoms with E-state index in [1.807, 2.05) is 0 Å². The standard InChI is InChI=1S/C26H20BrNO6/c1-33-20-5-3-4-17(14-20)22-21(23(29)15-6-10-18(27)11-7-15)24(30)25(31)28(22)19-12-8-16(9-13-19)26(32)34-2/h3-14,22,29H,1-2H3/b23-21+. The van der Waals surface area contributed by atoms with Crippen LogP contribution in [0.15, 0.2) is 82.8 Å². The van der Waals surface area contributed by atoms with E-state index in [0.29, 0.717) is 28.1 Å². The largest absolute Gasteiger partial charge is 0.507 e. The number of hydrogen-bond donors (Lipinski definition) is 1. The molecule has 0 saturated carbocycles. The number of hydrogen-bond acceptors (Lipinski definition) is 6. The van der Waals surface area contributed by atoms with Crippen molar-refractivity contribution in [1.82, 2.24) is 0 Å². The lowest BCUT2D eigenvalue weighted by Gasteiger charge is -2.26. The third kappa shape index (κ3) is 4.20. The molecule has 3 aromatic carbocycles. The van der Waals surface area contributed by atoms with E-state index in [1.165, 1.54) is 31.3 Å². The Balaban J connectivity index is 1.90. The number of methoxy groups -OCH3 is 2. The molecule has 8 heteroatoms. The van der Waals surface area contributed by atoms with Gasteiger partial charge in [0.15, 0.2) is 0 Å². The molecule has 1 heterocycles. The minimum atomic E-state index is -0.914. The highest BCUT2D eigenvalue weighted by molar-refractivity contribution is 9.10. The van der Waals surface area contributed by atoms with Crippen molar-refractivity contribution in [2.45, 2.75) is 6.04 Å². The summed E-state index contributed by atoms with van der Waals surface area (Å²) >= 11 is 3.35. The van der Waals surface area contributed by atoms with Gasteiger partial charge in [-0.1, -0.05) is 40.2 Å². The van der Waals surface area contributed by atoms with Gasteiger partial charge in [-0.15, -0.1) is 0 Å². The molecule has 1 saturated heterocycles. The van der Waals surface area contributed by atoms with Crippen LogP contribution in [0.4, 0.5) is 5.69 Å². The van der Waals surface area contributed by atoms with E-state index in [2.05, 4.69) is 15.9 Å². The van der Waals surface area contributed by atoms with Gasteiger partial charge in [-0.3, -0.25) is 14.5 Å². The lowest BCUT2D eigenvalue weighted by atomic mass is 9.95. The van der Waals surface area contributed by atoms with Crippen molar-refractivity contribution in [3.63, 3.8) is 0 Å². The van der Waals surface area contributed by atoms with E-state index in [1.54, 1.807) is 60.7 Å². The normalized spacial score (nSPS) is 17.0. The summed E-state index contributed by atoms with van der Waals surface area (Å²) in [4.78, 5) is 39.6. The maximum atomic E-state index is 13.2. The summed E-state index contributed by atoms with van der Waals surface area (Å²) in [6, 6.07) is 19.0. The number of benzene rings is 3. The van der Waals surface area contributed by atoms with Crippen molar-refractivity contribution in [2.75, 3.05) is 19.1 Å². The zero-order chi connectivity index (χ0) is 24.4. The van der Waals surface area contributed by atoms with Gasteiger partial charge in [-0.05, 0) is 54.1 Å². The molecule has 1 unspecified atom stereocenters. The number of Topliss-reactive ketones (excluding diaryl/α,β-unsaturated/α-hetero) is 1. The second-order valence-electron chi connectivity index (χ2n) is 7.49. The van der Waals surface area contributed by atoms with Gasteiger partial charge in [0.1, 0.15) is 11.5 Å². The Hall–Kier alpha value is -3.91. The number of carbonyl (C=O) groups is 3. The summed E-state index contributed by atoms with van der Waals surface area (Å²) in [5, 5.41) is 11.1. The molecule has 3 aromatic rings. The van der Waals surface area contributed by atoms with Gasteiger partial charge in [-0.2, -0.15) is 0 Å². The highest BCUT2D eigenvalue weighted by atomic mass is 79.9. The number of esters is 1. The average molecular weight is 522 g/mol. The molecule has 1 fully saturated rings. The van der Waals surface area contributed by atoms with Crippen molar-refractivity contribution in [2.24, 2.45) is 0 Å². The summed E-state index contributed by atoms with van der Waals surface area (Å²) in [6.45, 7) is 0. The quantitative estimate of drug-likeness (QED) is 0.223. The highest BCUT2D eigenvalue weighted by Gasteiger charge is 2.47. The first kappa shape index (κ1) is 23.3. The van der Waals surface area contributed by atoms with Gasteiger partial charge < -0.3 is 14.6 Å². The molecule has 1 N–H and O–H groups in total. The maximum absolute atomic E-state index is 13.2. The zero-order valence-electron chi connectivity index (χ0n) is 18.3. The molecule has 34 heavy (non-hydrogen) atoms. The van der Waals surface area contributed by atoms with Crippen molar-refractivity contribution in [3.8, 4) is 5.75 Å². The van der Waals surface area contributed by atoms with Crippen LogP contribution >= 0.6 is 15.9 Å². The van der Waals surface area contributed by atoms with Crippen molar-refractivity contribution < 1.29 is 29.0 Å². The molecular formula is C26H20BrNO6. The summed E-state index contributed by atoms with van der Waals surface area (Å²) in [7, 11) is 2.79. The number of amides is 1. The number of carbonyl (C=O) groups excluding carboxylic acids is 3. The summed E-state index contributed by atoms with van der Waals surface area (Å²) in [5.41, 5.74) is 1.62. The van der Waals surface area contributed by atoms with E-state index < -0.39 is 23.7 Å².